The van der Waals surface area contributed by atoms with Crippen molar-refractivity contribution in [3.8, 4) is 6.07 Å². The van der Waals surface area contributed by atoms with E-state index in [1.807, 2.05) is 24.3 Å². The van der Waals surface area contributed by atoms with E-state index >= 15 is 0 Å². The van der Waals surface area contributed by atoms with Gasteiger partial charge in [-0.2, -0.15) is 5.26 Å². The lowest BCUT2D eigenvalue weighted by Gasteiger charge is -2.22. The number of allylic oxidation sites excluding steroid dienone is 1. The molecule has 0 aliphatic carbocycles. The van der Waals surface area contributed by atoms with Crippen LogP contribution in [0.5, 0.6) is 0 Å². The van der Waals surface area contributed by atoms with E-state index in [1.54, 1.807) is 6.08 Å². The molecule has 0 aromatic heterocycles. The third-order valence-corrected chi connectivity index (χ3v) is 6.69. The molecule has 5 nitrogen and oxygen atoms in total. The Balaban J connectivity index is 0.000000202. The Morgan fingerprint density at radius 1 is 0.722 bits per heavy atom. The Hall–Kier alpha value is -3.52. The van der Waals surface area contributed by atoms with E-state index in [1.165, 1.54) is 95.1 Å². The van der Waals surface area contributed by atoms with Crippen LogP contribution in [-0.4, -0.2) is 39.3 Å². The van der Waals surface area contributed by atoms with Crippen molar-refractivity contribution >= 4 is 29.5 Å². The van der Waals surface area contributed by atoms with Gasteiger partial charge in [0.25, 0.3) is 0 Å². The molecule has 0 spiro atoms. The molecule has 2 aliphatic heterocycles. The smallest absolute Gasteiger partial charge is 0.330 e. The molecule has 2 aromatic carbocycles. The summed E-state index contributed by atoms with van der Waals surface area (Å²) in [6.45, 7) is 4.65. The largest absolute Gasteiger partial charge is 0.466 e. The number of nitrogens with zero attached hydrogens (tertiary/aromatic N) is 3. The third kappa shape index (κ3) is 9.26. The van der Waals surface area contributed by atoms with Gasteiger partial charge in [0.1, 0.15) is 0 Å². The van der Waals surface area contributed by atoms with Gasteiger partial charge in [0.15, 0.2) is 0 Å². The first-order valence-electron chi connectivity index (χ1n) is 13.2. The lowest BCUT2D eigenvalue weighted by molar-refractivity contribution is -0.134. The van der Waals surface area contributed by atoms with Crippen molar-refractivity contribution in [2.24, 2.45) is 0 Å². The molecule has 0 amide bonds. The zero-order valence-electron chi connectivity index (χ0n) is 21.6. The van der Waals surface area contributed by atoms with E-state index in [-0.39, 0.29) is 5.97 Å². The van der Waals surface area contributed by atoms with Crippen LogP contribution in [-0.2, 0) is 9.53 Å². The SMILES string of the molecule is COC(=O)/C=C/c1ccc(N2CCCCCC2)cc1.N#C/C=C/c1ccc(N2CCCCCC2)cc1. The van der Waals surface area contributed by atoms with Gasteiger partial charge in [0, 0.05) is 49.7 Å². The molecular weight excluding hydrogens is 446 g/mol. The lowest BCUT2D eigenvalue weighted by Crippen LogP contribution is -2.23. The summed E-state index contributed by atoms with van der Waals surface area (Å²) in [4.78, 5) is 15.9. The van der Waals surface area contributed by atoms with Gasteiger partial charge >= 0.3 is 5.97 Å². The van der Waals surface area contributed by atoms with Gasteiger partial charge in [-0.25, -0.2) is 4.79 Å². The predicted octanol–water partition coefficient (Wildman–Crippen LogP) is 6.86. The number of esters is 1. The molecule has 2 heterocycles. The highest BCUT2D eigenvalue weighted by Gasteiger charge is 2.10. The molecule has 2 fully saturated rings. The Morgan fingerprint density at radius 3 is 1.53 bits per heavy atom. The predicted molar refractivity (Wildman–Crippen MR) is 150 cm³/mol. The molecule has 190 valence electrons. The molecular formula is C31H39N3O2. The topological polar surface area (TPSA) is 56.6 Å². The maximum atomic E-state index is 11.0. The van der Waals surface area contributed by atoms with Gasteiger partial charge in [-0.3, -0.25) is 0 Å². The number of carbonyl (C=O) groups is 1. The molecule has 4 rings (SSSR count). The number of nitriles is 1. The van der Waals surface area contributed by atoms with Crippen molar-refractivity contribution in [2.75, 3.05) is 43.1 Å². The second-order valence-corrected chi connectivity index (χ2v) is 9.30. The van der Waals surface area contributed by atoms with Crippen molar-refractivity contribution in [1.82, 2.24) is 0 Å². The van der Waals surface area contributed by atoms with Crippen LogP contribution in [0.2, 0.25) is 0 Å². The molecule has 36 heavy (non-hydrogen) atoms. The number of benzene rings is 2. The molecule has 2 aromatic rings. The lowest BCUT2D eigenvalue weighted by atomic mass is 10.1. The van der Waals surface area contributed by atoms with Crippen LogP contribution in [0.1, 0.15) is 62.5 Å². The summed E-state index contributed by atoms with van der Waals surface area (Å²) in [6, 6.07) is 18.8. The summed E-state index contributed by atoms with van der Waals surface area (Å²) >= 11 is 0. The maximum absolute atomic E-state index is 11.0. The van der Waals surface area contributed by atoms with Crippen LogP contribution in [0, 0.1) is 11.3 Å². The minimum Gasteiger partial charge on any atom is -0.466 e. The van der Waals surface area contributed by atoms with Gasteiger partial charge in [0.05, 0.1) is 13.2 Å². The van der Waals surface area contributed by atoms with Crippen molar-refractivity contribution in [2.45, 2.75) is 51.4 Å². The van der Waals surface area contributed by atoms with E-state index in [4.69, 9.17) is 5.26 Å². The second kappa shape index (κ2) is 15.5. The first-order valence-corrected chi connectivity index (χ1v) is 13.2. The number of ether oxygens (including phenoxy) is 1. The first kappa shape index (κ1) is 27.1. The fourth-order valence-electron chi connectivity index (χ4n) is 4.62. The van der Waals surface area contributed by atoms with Gasteiger partial charge in [-0.05, 0) is 73.2 Å². The van der Waals surface area contributed by atoms with Gasteiger partial charge in [-0.15, -0.1) is 0 Å². The van der Waals surface area contributed by atoms with Gasteiger partial charge in [-0.1, -0.05) is 49.9 Å². The molecule has 2 saturated heterocycles. The number of methoxy groups -OCH3 is 1. The van der Waals surface area contributed by atoms with Gasteiger partial charge < -0.3 is 14.5 Å². The number of rotatable bonds is 5. The highest BCUT2D eigenvalue weighted by Crippen LogP contribution is 2.21. The van der Waals surface area contributed by atoms with Crippen LogP contribution >= 0.6 is 0 Å². The van der Waals surface area contributed by atoms with E-state index in [0.29, 0.717) is 0 Å². The van der Waals surface area contributed by atoms with Crippen LogP contribution in [0.25, 0.3) is 12.2 Å². The van der Waals surface area contributed by atoms with Crippen LogP contribution in [0.3, 0.4) is 0 Å². The standard InChI is InChI=1S/C16H21NO2.C15H18N2/c1-19-16(18)11-8-14-6-9-15(10-7-14)17-12-4-2-3-5-13-17;16-11-5-6-14-7-9-15(10-8-14)17-12-3-1-2-4-13-17/h6-11H,2-5,12-13H2,1H3;5-10H,1-4,12-13H2/b11-8+;6-5+. The van der Waals surface area contributed by atoms with Crippen LogP contribution < -0.4 is 9.80 Å². The second-order valence-electron chi connectivity index (χ2n) is 9.30. The number of hydrogen-bond donors (Lipinski definition) is 0. The van der Waals surface area contributed by atoms with Crippen molar-refractivity contribution in [3.63, 3.8) is 0 Å². The summed E-state index contributed by atoms with van der Waals surface area (Å²) in [5, 5.41) is 8.47. The molecule has 0 N–H and O–H groups in total. The third-order valence-electron chi connectivity index (χ3n) is 6.69. The Bertz CT molecular complexity index is 1000. The van der Waals surface area contributed by atoms with E-state index in [2.05, 4.69) is 50.9 Å². The Morgan fingerprint density at radius 2 is 1.14 bits per heavy atom. The maximum Gasteiger partial charge on any atom is 0.330 e. The van der Waals surface area contributed by atoms with Crippen LogP contribution in [0.15, 0.2) is 60.7 Å². The summed E-state index contributed by atoms with van der Waals surface area (Å²) in [5.41, 5.74) is 4.69. The Labute approximate surface area is 216 Å². The molecule has 2 aliphatic rings. The van der Waals surface area contributed by atoms with E-state index < -0.39 is 0 Å². The summed E-state index contributed by atoms with van der Waals surface area (Å²) < 4.78 is 4.57. The summed E-state index contributed by atoms with van der Waals surface area (Å²) in [6.07, 6.45) is 17.2. The van der Waals surface area contributed by atoms with Crippen LogP contribution in [0.4, 0.5) is 11.4 Å². The number of carbonyl (C=O) groups excluding carboxylic acids is 1. The average Bonchev–Trinajstić information content (AvgIpc) is 3.37. The number of hydrogen-bond acceptors (Lipinski definition) is 5. The highest BCUT2D eigenvalue weighted by molar-refractivity contribution is 5.87. The monoisotopic (exact) mass is 485 g/mol. The molecule has 0 bridgehead atoms. The summed E-state index contributed by atoms with van der Waals surface area (Å²) in [5.74, 6) is -0.323. The minimum atomic E-state index is -0.323. The zero-order chi connectivity index (χ0) is 25.4. The van der Waals surface area contributed by atoms with Crippen molar-refractivity contribution in [3.05, 3.63) is 71.8 Å². The quantitative estimate of drug-likeness (QED) is 0.263. The molecule has 0 atom stereocenters. The van der Waals surface area contributed by atoms with Gasteiger partial charge in [0.2, 0.25) is 0 Å². The minimum absolute atomic E-state index is 0.323. The summed E-state index contributed by atoms with van der Waals surface area (Å²) in [7, 11) is 1.38. The number of anilines is 2. The normalized spacial score (nSPS) is 16.6. The Kier molecular flexibility index (Phi) is 11.6. The van der Waals surface area contributed by atoms with E-state index in [9.17, 15) is 4.79 Å². The van der Waals surface area contributed by atoms with Crippen molar-refractivity contribution in [1.29, 1.82) is 5.26 Å². The first-order chi connectivity index (χ1) is 17.7. The highest BCUT2D eigenvalue weighted by atomic mass is 16.5. The molecule has 5 heteroatoms. The molecule has 0 saturated carbocycles. The zero-order valence-corrected chi connectivity index (χ0v) is 21.6. The fraction of sp³-hybridized carbons (Fsp3) is 0.419. The molecule has 0 radical (unpaired) electrons. The average molecular weight is 486 g/mol. The fourth-order valence-corrected chi connectivity index (χ4v) is 4.62. The van der Waals surface area contributed by atoms with E-state index in [0.717, 1.165) is 24.2 Å². The molecule has 0 unspecified atom stereocenters. The van der Waals surface area contributed by atoms with Crippen molar-refractivity contribution < 1.29 is 9.53 Å².